The third-order valence-electron chi connectivity index (χ3n) is 5.06. The predicted octanol–water partition coefficient (Wildman–Crippen LogP) is 3.06. The van der Waals surface area contributed by atoms with Crippen LogP contribution in [0.3, 0.4) is 0 Å². The summed E-state index contributed by atoms with van der Waals surface area (Å²) in [6.45, 7) is 3.96. The second kappa shape index (κ2) is 10.0. The van der Waals surface area contributed by atoms with Crippen molar-refractivity contribution >= 4 is 11.8 Å². The molecule has 1 aliphatic rings. The molecule has 2 aromatic carbocycles. The first-order valence-corrected chi connectivity index (χ1v) is 9.99. The van der Waals surface area contributed by atoms with E-state index in [1.165, 1.54) is 5.56 Å². The first kappa shape index (κ1) is 20.1. The van der Waals surface area contributed by atoms with E-state index in [0.29, 0.717) is 25.1 Å². The van der Waals surface area contributed by atoms with Gasteiger partial charge in [0, 0.05) is 38.2 Å². The van der Waals surface area contributed by atoms with Crippen molar-refractivity contribution in [3.63, 3.8) is 0 Å². The molecule has 1 aliphatic heterocycles. The molecule has 148 valence electrons. The zero-order chi connectivity index (χ0) is 19.8. The van der Waals surface area contributed by atoms with Crippen LogP contribution in [0.1, 0.15) is 40.7 Å². The van der Waals surface area contributed by atoms with Crippen molar-refractivity contribution in [3.8, 4) is 0 Å². The Morgan fingerprint density at radius 3 is 2.50 bits per heavy atom. The molecule has 0 spiro atoms. The number of hydrogen-bond donors (Lipinski definition) is 1. The summed E-state index contributed by atoms with van der Waals surface area (Å²) < 4.78 is 0. The number of nitrogens with zero attached hydrogens (tertiary/aromatic N) is 2. The van der Waals surface area contributed by atoms with E-state index < -0.39 is 0 Å². The Labute approximate surface area is 167 Å². The highest BCUT2D eigenvalue weighted by Gasteiger charge is 2.19. The normalized spacial score (nSPS) is 13.9. The van der Waals surface area contributed by atoms with Crippen molar-refractivity contribution in [1.29, 1.82) is 0 Å². The molecule has 1 N–H and O–H groups in total. The van der Waals surface area contributed by atoms with Crippen LogP contribution >= 0.6 is 0 Å². The molecular weight excluding hydrogens is 350 g/mol. The third-order valence-corrected chi connectivity index (χ3v) is 5.06. The molecule has 5 heteroatoms. The highest BCUT2D eigenvalue weighted by Crippen LogP contribution is 2.14. The van der Waals surface area contributed by atoms with Gasteiger partial charge in [0.25, 0.3) is 5.91 Å². The van der Waals surface area contributed by atoms with E-state index in [1.807, 2.05) is 35.2 Å². The highest BCUT2D eigenvalue weighted by molar-refractivity contribution is 5.94. The standard InChI is InChI=1S/C23H29N3O2/c1-25(17-19-7-3-2-4-8-19)15-6-14-24-23(28)21-12-10-20(11-13-21)18-26-16-5-9-22(26)27/h2-4,7-8,10-13H,5-6,9,14-18H2,1H3,(H,24,28). The quantitative estimate of drug-likeness (QED) is 0.682. The van der Waals surface area contributed by atoms with Crippen molar-refractivity contribution < 1.29 is 9.59 Å². The van der Waals surface area contributed by atoms with Gasteiger partial charge < -0.3 is 15.1 Å². The van der Waals surface area contributed by atoms with E-state index in [4.69, 9.17) is 0 Å². The average Bonchev–Trinajstić information content (AvgIpc) is 3.11. The van der Waals surface area contributed by atoms with E-state index in [-0.39, 0.29) is 11.8 Å². The van der Waals surface area contributed by atoms with Gasteiger partial charge in [0.15, 0.2) is 0 Å². The Balaban J connectivity index is 1.37. The van der Waals surface area contributed by atoms with Crippen LogP contribution in [0, 0.1) is 0 Å². The highest BCUT2D eigenvalue weighted by atomic mass is 16.2. The molecule has 0 aromatic heterocycles. The Morgan fingerprint density at radius 1 is 1.07 bits per heavy atom. The molecule has 28 heavy (non-hydrogen) atoms. The molecule has 1 heterocycles. The number of amides is 2. The molecule has 0 saturated carbocycles. The van der Waals surface area contributed by atoms with Crippen LogP contribution in [0.5, 0.6) is 0 Å². The van der Waals surface area contributed by atoms with Gasteiger partial charge in [-0.1, -0.05) is 42.5 Å². The molecule has 0 bridgehead atoms. The monoisotopic (exact) mass is 379 g/mol. The summed E-state index contributed by atoms with van der Waals surface area (Å²) in [5.74, 6) is 0.175. The summed E-state index contributed by atoms with van der Waals surface area (Å²) in [5, 5.41) is 2.99. The Kier molecular flexibility index (Phi) is 7.20. The molecule has 1 fully saturated rings. The van der Waals surface area contributed by atoms with Crippen molar-refractivity contribution in [3.05, 3.63) is 71.3 Å². The second-order valence-electron chi connectivity index (χ2n) is 7.45. The summed E-state index contributed by atoms with van der Waals surface area (Å²) >= 11 is 0. The van der Waals surface area contributed by atoms with E-state index >= 15 is 0 Å². The number of rotatable bonds is 9. The van der Waals surface area contributed by atoms with Crippen LogP contribution in [0.2, 0.25) is 0 Å². The number of carbonyl (C=O) groups excluding carboxylic acids is 2. The van der Waals surface area contributed by atoms with Crippen LogP contribution < -0.4 is 5.32 Å². The van der Waals surface area contributed by atoms with E-state index in [1.54, 1.807) is 0 Å². The van der Waals surface area contributed by atoms with Crippen LogP contribution in [0.25, 0.3) is 0 Å². The minimum absolute atomic E-state index is 0.0467. The van der Waals surface area contributed by atoms with Crippen molar-refractivity contribution in [2.24, 2.45) is 0 Å². The minimum Gasteiger partial charge on any atom is -0.352 e. The SMILES string of the molecule is CN(CCCNC(=O)c1ccc(CN2CCCC2=O)cc1)Cc1ccccc1. The second-order valence-corrected chi connectivity index (χ2v) is 7.45. The van der Waals surface area contributed by atoms with E-state index in [0.717, 1.165) is 38.0 Å². The number of likely N-dealkylation sites (tertiary alicyclic amines) is 1. The summed E-state index contributed by atoms with van der Waals surface area (Å²) in [5.41, 5.74) is 3.02. The predicted molar refractivity (Wildman–Crippen MR) is 111 cm³/mol. The summed E-state index contributed by atoms with van der Waals surface area (Å²) in [7, 11) is 2.10. The van der Waals surface area contributed by atoms with Crippen molar-refractivity contribution in [2.75, 3.05) is 26.7 Å². The molecule has 5 nitrogen and oxygen atoms in total. The molecule has 3 rings (SSSR count). The fourth-order valence-electron chi connectivity index (χ4n) is 3.48. The summed E-state index contributed by atoms with van der Waals surface area (Å²) in [6.07, 6.45) is 2.51. The largest absolute Gasteiger partial charge is 0.352 e. The molecule has 0 unspecified atom stereocenters. The Morgan fingerprint density at radius 2 is 1.82 bits per heavy atom. The van der Waals surface area contributed by atoms with Gasteiger partial charge in [0.2, 0.25) is 5.91 Å². The Hall–Kier alpha value is -2.66. The number of hydrogen-bond acceptors (Lipinski definition) is 3. The topological polar surface area (TPSA) is 52.7 Å². The summed E-state index contributed by atoms with van der Waals surface area (Å²) in [4.78, 5) is 28.1. The van der Waals surface area contributed by atoms with E-state index in [9.17, 15) is 9.59 Å². The van der Waals surface area contributed by atoms with Crippen molar-refractivity contribution in [1.82, 2.24) is 15.1 Å². The lowest BCUT2D eigenvalue weighted by Gasteiger charge is -2.17. The van der Waals surface area contributed by atoms with Gasteiger partial charge in [-0.3, -0.25) is 9.59 Å². The van der Waals surface area contributed by atoms with Gasteiger partial charge in [-0.2, -0.15) is 0 Å². The fourth-order valence-corrected chi connectivity index (χ4v) is 3.48. The van der Waals surface area contributed by atoms with Gasteiger partial charge in [0.05, 0.1) is 0 Å². The average molecular weight is 380 g/mol. The molecule has 2 aromatic rings. The molecule has 0 radical (unpaired) electrons. The van der Waals surface area contributed by atoms with Crippen LogP contribution in [-0.4, -0.2) is 48.3 Å². The zero-order valence-electron chi connectivity index (χ0n) is 16.6. The van der Waals surface area contributed by atoms with Crippen LogP contribution in [-0.2, 0) is 17.9 Å². The summed E-state index contributed by atoms with van der Waals surface area (Å²) in [6, 6.07) is 17.9. The van der Waals surface area contributed by atoms with Gasteiger partial charge in [-0.25, -0.2) is 0 Å². The van der Waals surface area contributed by atoms with E-state index in [2.05, 4.69) is 41.5 Å². The molecule has 2 amide bonds. The Bertz CT molecular complexity index is 774. The maximum atomic E-state index is 12.3. The zero-order valence-corrected chi connectivity index (χ0v) is 16.6. The molecular formula is C23H29N3O2. The van der Waals surface area contributed by atoms with Crippen LogP contribution in [0.15, 0.2) is 54.6 Å². The lowest BCUT2D eigenvalue weighted by molar-refractivity contribution is -0.128. The number of carbonyl (C=O) groups is 2. The third kappa shape index (κ3) is 5.92. The van der Waals surface area contributed by atoms with Crippen LogP contribution in [0.4, 0.5) is 0 Å². The lowest BCUT2D eigenvalue weighted by Crippen LogP contribution is -2.28. The molecule has 0 atom stereocenters. The maximum Gasteiger partial charge on any atom is 0.251 e. The first-order chi connectivity index (χ1) is 13.6. The maximum absolute atomic E-state index is 12.3. The van der Waals surface area contributed by atoms with Crippen molar-refractivity contribution in [2.45, 2.75) is 32.4 Å². The lowest BCUT2D eigenvalue weighted by atomic mass is 10.1. The minimum atomic E-state index is -0.0467. The van der Waals surface area contributed by atoms with Gasteiger partial charge >= 0.3 is 0 Å². The van der Waals surface area contributed by atoms with Gasteiger partial charge in [-0.15, -0.1) is 0 Å². The van der Waals surface area contributed by atoms with Gasteiger partial charge in [-0.05, 0) is 49.7 Å². The molecule has 0 aliphatic carbocycles. The number of nitrogens with one attached hydrogen (secondary N) is 1. The fraction of sp³-hybridized carbons (Fsp3) is 0.391. The number of benzene rings is 2. The van der Waals surface area contributed by atoms with Gasteiger partial charge in [0.1, 0.15) is 0 Å². The molecule has 1 saturated heterocycles. The first-order valence-electron chi connectivity index (χ1n) is 9.99. The smallest absolute Gasteiger partial charge is 0.251 e.